The van der Waals surface area contributed by atoms with Crippen LogP contribution in [0.4, 0.5) is 11.8 Å². The molecule has 2 heterocycles. The summed E-state index contributed by atoms with van der Waals surface area (Å²) in [6.07, 6.45) is 2.32. The first-order chi connectivity index (χ1) is 6.27. The first-order valence-electron chi connectivity index (χ1n) is 3.87. The van der Waals surface area contributed by atoms with Crippen LogP contribution in [-0.4, -0.2) is 28.0 Å². The van der Waals surface area contributed by atoms with Crippen molar-refractivity contribution in [2.24, 2.45) is 0 Å². The number of hydrogen-bond acceptors (Lipinski definition) is 5. The van der Waals surface area contributed by atoms with Crippen LogP contribution < -0.4 is 5.06 Å². The normalized spacial score (nSPS) is 16.5. The molecule has 1 aliphatic heterocycles. The molecule has 0 aliphatic carbocycles. The summed E-state index contributed by atoms with van der Waals surface area (Å²) in [6, 6.07) is 0. The molecule has 13 heavy (non-hydrogen) atoms. The molecule has 0 saturated carbocycles. The van der Waals surface area contributed by atoms with Crippen molar-refractivity contribution in [3.05, 3.63) is 16.3 Å². The fourth-order valence-corrected chi connectivity index (χ4v) is 1.16. The highest BCUT2D eigenvalue weighted by atomic mass is 16.7. The molecule has 0 amide bonds. The molecule has 1 fully saturated rings. The van der Waals surface area contributed by atoms with E-state index in [1.54, 1.807) is 5.06 Å². The molecule has 2 rings (SSSR count). The van der Waals surface area contributed by atoms with Crippen LogP contribution in [0.3, 0.4) is 0 Å². The quantitative estimate of drug-likeness (QED) is 0.533. The lowest BCUT2D eigenvalue weighted by atomic mass is 10.5. The second-order valence-corrected chi connectivity index (χ2v) is 2.64. The molecule has 70 valence electrons. The van der Waals surface area contributed by atoms with Gasteiger partial charge in [-0.05, 0) is 11.3 Å². The molecule has 0 atom stereocenters. The summed E-state index contributed by atoms with van der Waals surface area (Å²) in [5, 5.41) is 11.9. The molecule has 1 aliphatic rings. The standard InChI is InChI=1S/C6H8N4O3/c11-10(12)6-7-4-5(8-6)9-2-1-3-13-9/h4H,1-3H2,(H,7,8). The van der Waals surface area contributed by atoms with Crippen LogP contribution in [0.1, 0.15) is 6.42 Å². The highest BCUT2D eigenvalue weighted by Gasteiger charge is 2.20. The molecule has 7 heteroatoms. The number of aromatic amines is 1. The van der Waals surface area contributed by atoms with E-state index in [4.69, 9.17) is 4.84 Å². The van der Waals surface area contributed by atoms with Crippen LogP contribution in [0, 0.1) is 10.1 Å². The van der Waals surface area contributed by atoms with Crippen molar-refractivity contribution in [2.75, 3.05) is 18.2 Å². The van der Waals surface area contributed by atoms with Crippen molar-refractivity contribution in [2.45, 2.75) is 6.42 Å². The zero-order valence-electron chi connectivity index (χ0n) is 6.77. The Morgan fingerprint density at radius 1 is 1.77 bits per heavy atom. The second kappa shape index (κ2) is 3.02. The van der Waals surface area contributed by atoms with E-state index in [1.165, 1.54) is 6.20 Å². The molecule has 0 unspecified atom stereocenters. The van der Waals surface area contributed by atoms with Crippen LogP contribution in [0.15, 0.2) is 6.20 Å². The number of hydroxylamine groups is 1. The van der Waals surface area contributed by atoms with Crippen molar-refractivity contribution in [1.82, 2.24) is 9.97 Å². The van der Waals surface area contributed by atoms with E-state index < -0.39 is 4.92 Å². The minimum atomic E-state index is -0.570. The maximum absolute atomic E-state index is 10.3. The predicted octanol–water partition coefficient (Wildman–Crippen LogP) is 0.460. The average molecular weight is 184 g/mol. The number of anilines is 1. The van der Waals surface area contributed by atoms with Gasteiger partial charge < -0.3 is 10.1 Å². The lowest BCUT2D eigenvalue weighted by Gasteiger charge is -2.09. The van der Waals surface area contributed by atoms with Gasteiger partial charge >= 0.3 is 5.95 Å². The van der Waals surface area contributed by atoms with Crippen molar-refractivity contribution >= 4 is 11.8 Å². The summed E-state index contributed by atoms with van der Waals surface area (Å²) in [5.41, 5.74) is 0. The highest BCUT2D eigenvalue weighted by molar-refractivity contribution is 5.37. The minimum absolute atomic E-state index is 0.259. The van der Waals surface area contributed by atoms with Gasteiger partial charge in [0.2, 0.25) is 5.82 Å². The molecule has 1 aromatic heterocycles. The first-order valence-corrected chi connectivity index (χ1v) is 3.87. The van der Waals surface area contributed by atoms with Gasteiger partial charge in [-0.25, -0.2) is 10.0 Å². The Labute approximate surface area is 73.4 Å². The second-order valence-electron chi connectivity index (χ2n) is 2.64. The Hall–Kier alpha value is -1.63. The van der Waals surface area contributed by atoms with Crippen molar-refractivity contribution in [1.29, 1.82) is 0 Å². The SMILES string of the molecule is O=[N+]([O-])c1ncc(N2CCCO2)[nH]1. The summed E-state index contributed by atoms with van der Waals surface area (Å²) in [7, 11) is 0. The van der Waals surface area contributed by atoms with Gasteiger partial charge in [-0.1, -0.05) is 4.98 Å². The van der Waals surface area contributed by atoms with Gasteiger partial charge in [0.1, 0.15) is 0 Å². The van der Waals surface area contributed by atoms with Crippen molar-refractivity contribution < 1.29 is 9.76 Å². The van der Waals surface area contributed by atoms with Gasteiger partial charge in [0.25, 0.3) is 0 Å². The Kier molecular flexibility index (Phi) is 1.85. The third-order valence-electron chi connectivity index (χ3n) is 1.74. The third kappa shape index (κ3) is 1.45. The number of imidazole rings is 1. The molecule has 7 nitrogen and oxygen atoms in total. The topological polar surface area (TPSA) is 84.3 Å². The number of nitrogens with one attached hydrogen (secondary N) is 1. The zero-order chi connectivity index (χ0) is 9.26. The molecule has 1 saturated heterocycles. The van der Waals surface area contributed by atoms with Gasteiger partial charge in [0.15, 0.2) is 6.20 Å². The monoisotopic (exact) mass is 184 g/mol. The van der Waals surface area contributed by atoms with Gasteiger partial charge in [0.05, 0.1) is 13.2 Å². The number of H-pyrrole nitrogens is 1. The van der Waals surface area contributed by atoms with Gasteiger partial charge in [-0.2, -0.15) is 0 Å². The highest BCUT2D eigenvalue weighted by Crippen LogP contribution is 2.18. The maximum Gasteiger partial charge on any atom is 0.433 e. The van der Waals surface area contributed by atoms with E-state index >= 15 is 0 Å². The van der Waals surface area contributed by atoms with E-state index in [9.17, 15) is 10.1 Å². The van der Waals surface area contributed by atoms with E-state index in [0.29, 0.717) is 12.4 Å². The summed E-state index contributed by atoms with van der Waals surface area (Å²) in [4.78, 5) is 21.0. The van der Waals surface area contributed by atoms with Gasteiger partial charge in [-0.15, -0.1) is 0 Å². The maximum atomic E-state index is 10.3. The molecule has 0 spiro atoms. The van der Waals surface area contributed by atoms with Crippen molar-refractivity contribution in [3.63, 3.8) is 0 Å². The number of rotatable bonds is 2. The molecule has 0 radical (unpaired) electrons. The number of nitrogens with zero attached hydrogens (tertiary/aromatic N) is 3. The van der Waals surface area contributed by atoms with Crippen LogP contribution in [0.5, 0.6) is 0 Å². The summed E-state index contributed by atoms with van der Waals surface area (Å²) in [5.74, 6) is 0.273. The summed E-state index contributed by atoms with van der Waals surface area (Å²) in [6.45, 7) is 1.38. The van der Waals surface area contributed by atoms with Crippen LogP contribution in [0.25, 0.3) is 0 Å². The van der Waals surface area contributed by atoms with E-state index in [-0.39, 0.29) is 5.95 Å². The van der Waals surface area contributed by atoms with Crippen LogP contribution >= 0.6 is 0 Å². The average Bonchev–Trinajstić information content (AvgIpc) is 2.75. The van der Waals surface area contributed by atoms with Crippen molar-refractivity contribution in [3.8, 4) is 0 Å². The lowest BCUT2D eigenvalue weighted by Crippen LogP contribution is -2.16. The molecule has 0 aromatic carbocycles. The van der Waals surface area contributed by atoms with E-state index in [0.717, 1.165) is 13.0 Å². The van der Waals surface area contributed by atoms with Gasteiger partial charge in [-0.3, -0.25) is 4.84 Å². The van der Waals surface area contributed by atoms with Crippen LogP contribution in [-0.2, 0) is 4.84 Å². The van der Waals surface area contributed by atoms with Crippen LogP contribution in [0.2, 0.25) is 0 Å². The van der Waals surface area contributed by atoms with E-state index in [2.05, 4.69) is 9.97 Å². The molecular weight excluding hydrogens is 176 g/mol. The lowest BCUT2D eigenvalue weighted by molar-refractivity contribution is -0.393. The molecule has 0 bridgehead atoms. The summed E-state index contributed by atoms with van der Waals surface area (Å²) < 4.78 is 0. The number of aromatic nitrogens is 2. The smallest absolute Gasteiger partial charge is 0.390 e. The number of hydrogen-bond donors (Lipinski definition) is 1. The summed E-state index contributed by atoms with van der Waals surface area (Å²) >= 11 is 0. The Bertz CT molecular complexity index is 317. The Morgan fingerprint density at radius 3 is 3.15 bits per heavy atom. The first kappa shape index (κ1) is 7.99. The zero-order valence-corrected chi connectivity index (χ0v) is 6.77. The van der Waals surface area contributed by atoms with E-state index in [1.807, 2.05) is 0 Å². The van der Waals surface area contributed by atoms with Gasteiger partial charge in [0, 0.05) is 0 Å². The fourth-order valence-electron chi connectivity index (χ4n) is 1.16. The Balaban J connectivity index is 2.16. The minimum Gasteiger partial charge on any atom is -0.390 e. The predicted molar refractivity (Wildman–Crippen MR) is 43.2 cm³/mol. The third-order valence-corrected chi connectivity index (χ3v) is 1.74. The molecule has 1 aromatic rings. The number of nitro groups is 1. The Morgan fingerprint density at radius 2 is 2.62 bits per heavy atom. The molecular formula is C6H8N4O3. The largest absolute Gasteiger partial charge is 0.433 e. The molecule has 1 N–H and O–H groups in total. The fraction of sp³-hybridized carbons (Fsp3) is 0.500.